The van der Waals surface area contributed by atoms with Crippen LogP contribution in [0.25, 0.3) is 11.5 Å². The van der Waals surface area contributed by atoms with Crippen molar-refractivity contribution in [3.63, 3.8) is 0 Å². The molecule has 0 fully saturated rings. The molecular formula is C21H29NO4. The van der Waals surface area contributed by atoms with Crippen LogP contribution in [-0.2, 0) is 22.4 Å². The Morgan fingerprint density at radius 3 is 2.62 bits per heavy atom. The topological polar surface area (TPSA) is 72.6 Å². The van der Waals surface area contributed by atoms with Crippen molar-refractivity contribution in [3.8, 4) is 11.5 Å². The molecular weight excluding hydrogens is 330 g/mol. The van der Waals surface area contributed by atoms with Crippen LogP contribution < -0.4 is 0 Å². The van der Waals surface area contributed by atoms with E-state index < -0.39 is 11.9 Å². The molecule has 0 radical (unpaired) electrons. The first-order valence-electron chi connectivity index (χ1n) is 9.46. The van der Waals surface area contributed by atoms with Crippen molar-refractivity contribution >= 4 is 5.97 Å². The predicted octanol–water partition coefficient (Wildman–Crippen LogP) is 4.74. The van der Waals surface area contributed by atoms with E-state index in [0.717, 1.165) is 55.5 Å². The molecule has 1 N–H and O–H groups in total. The second-order valence-corrected chi connectivity index (χ2v) is 6.59. The number of carboxylic acid groups (broad SMARTS) is 1. The maximum Gasteiger partial charge on any atom is 0.308 e. The van der Waals surface area contributed by atoms with Crippen LogP contribution in [0.2, 0.25) is 0 Å². The lowest BCUT2D eigenvalue weighted by atomic mass is 10.1. The monoisotopic (exact) mass is 359 g/mol. The van der Waals surface area contributed by atoms with Crippen LogP contribution in [0, 0.1) is 5.92 Å². The number of rotatable bonds is 12. The standard InChI is InChI=1S/C21H29NO4/c1-3-19-18(22-20(26-19)17-11-7-6-8-12-17)13-9-4-5-10-14-25-15-16(2)21(23)24/h6-8,11-12,16H,3-5,9-10,13-15H2,1-2H3,(H,23,24). The highest BCUT2D eigenvalue weighted by Crippen LogP contribution is 2.23. The summed E-state index contributed by atoms with van der Waals surface area (Å²) in [5.41, 5.74) is 2.08. The Kier molecular flexibility index (Phi) is 8.35. The average molecular weight is 359 g/mol. The van der Waals surface area contributed by atoms with Gasteiger partial charge in [-0.15, -0.1) is 0 Å². The summed E-state index contributed by atoms with van der Waals surface area (Å²) in [5, 5.41) is 8.79. The first kappa shape index (κ1) is 20.2. The average Bonchev–Trinajstić information content (AvgIpc) is 3.07. The molecule has 2 rings (SSSR count). The summed E-state index contributed by atoms with van der Waals surface area (Å²) in [7, 11) is 0. The molecule has 2 aromatic rings. The van der Waals surface area contributed by atoms with Crippen LogP contribution in [-0.4, -0.2) is 29.3 Å². The molecule has 1 atom stereocenters. The number of carbonyl (C=O) groups is 1. The third kappa shape index (κ3) is 6.30. The maximum atomic E-state index is 10.7. The van der Waals surface area contributed by atoms with Gasteiger partial charge in [-0.25, -0.2) is 4.98 Å². The first-order valence-corrected chi connectivity index (χ1v) is 9.46. The number of aryl methyl sites for hydroxylation is 2. The van der Waals surface area contributed by atoms with Gasteiger partial charge in [0.05, 0.1) is 18.2 Å². The Hall–Kier alpha value is -2.14. The molecule has 0 aliphatic carbocycles. The summed E-state index contributed by atoms with van der Waals surface area (Å²) in [6.07, 6.45) is 5.99. The zero-order chi connectivity index (χ0) is 18.8. The van der Waals surface area contributed by atoms with Crippen molar-refractivity contribution in [1.29, 1.82) is 0 Å². The summed E-state index contributed by atoms with van der Waals surface area (Å²) >= 11 is 0. The second kappa shape index (κ2) is 10.8. The zero-order valence-electron chi connectivity index (χ0n) is 15.7. The van der Waals surface area contributed by atoms with E-state index in [0.29, 0.717) is 12.5 Å². The number of ether oxygens (including phenoxy) is 1. The summed E-state index contributed by atoms with van der Waals surface area (Å²) in [6, 6.07) is 9.99. The molecule has 142 valence electrons. The van der Waals surface area contributed by atoms with E-state index >= 15 is 0 Å². The molecule has 1 aromatic carbocycles. The quantitative estimate of drug-likeness (QED) is 0.554. The smallest absolute Gasteiger partial charge is 0.308 e. The summed E-state index contributed by atoms with van der Waals surface area (Å²) < 4.78 is 11.3. The van der Waals surface area contributed by atoms with Crippen molar-refractivity contribution < 1.29 is 19.1 Å². The maximum absolute atomic E-state index is 10.7. The lowest BCUT2D eigenvalue weighted by Gasteiger charge is -2.07. The van der Waals surface area contributed by atoms with E-state index in [4.69, 9.17) is 14.3 Å². The van der Waals surface area contributed by atoms with E-state index in [1.165, 1.54) is 0 Å². The molecule has 0 saturated carbocycles. The molecule has 0 aliphatic rings. The van der Waals surface area contributed by atoms with Crippen molar-refractivity contribution in [2.24, 2.45) is 5.92 Å². The third-order valence-electron chi connectivity index (χ3n) is 4.36. The molecule has 5 heteroatoms. The Morgan fingerprint density at radius 2 is 1.92 bits per heavy atom. The van der Waals surface area contributed by atoms with Crippen LogP contribution in [0.15, 0.2) is 34.7 Å². The molecule has 0 bridgehead atoms. The van der Waals surface area contributed by atoms with Crippen molar-refractivity contribution in [2.45, 2.75) is 52.4 Å². The van der Waals surface area contributed by atoms with Crippen LogP contribution in [0.3, 0.4) is 0 Å². The number of nitrogens with zero attached hydrogens (tertiary/aromatic N) is 1. The van der Waals surface area contributed by atoms with Crippen LogP contribution >= 0.6 is 0 Å². The normalized spacial score (nSPS) is 12.2. The number of oxazole rings is 1. The molecule has 1 heterocycles. The molecule has 1 aromatic heterocycles. The van der Waals surface area contributed by atoms with Crippen molar-refractivity contribution in [1.82, 2.24) is 4.98 Å². The van der Waals surface area contributed by atoms with E-state index in [1.54, 1.807) is 6.92 Å². The number of hydrogen-bond acceptors (Lipinski definition) is 4. The second-order valence-electron chi connectivity index (χ2n) is 6.59. The Bertz CT molecular complexity index is 666. The van der Waals surface area contributed by atoms with E-state index in [-0.39, 0.29) is 6.61 Å². The van der Waals surface area contributed by atoms with Gasteiger partial charge in [-0.05, 0) is 38.3 Å². The number of hydrogen-bond donors (Lipinski definition) is 1. The van der Waals surface area contributed by atoms with Gasteiger partial charge in [0, 0.05) is 18.6 Å². The lowest BCUT2D eigenvalue weighted by Crippen LogP contribution is -2.16. The summed E-state index contributed by atoms with van der Waals surface area (Å²) in [5.74, 6) is 0.445. The van der Waals surface area contributed by atoms with Crippen LogP contribution in [0.1, 0.15) is 51.0 Å². The minimum absolute atomic E-state index is 0.288. The fourth-order valence-electron chi connectivity index (χ4n) is 2.74. The van der Waals surface area contributed by atoms with Gasteiger partial charge in [0.2, 0.25) is 5.89 Å². The van der Waals surface area contributed by atoms with Crippen LogP contribution in [0.5, 0.6) is 0 Å². The van der Waals surface area contributed by atoms with E-state index in [2.05, 4.69) is 11.9 Å². The number of aliphatic carboxylic acids is 1. The van der Waals surface area contributed by atoms with Crippen molar-refractivity contribution in [2.75, 3.05) is 13.2 Å². The first-order chi connectivity index (χ1) is 12.6. The van der Waals surface area contributed by atoms with E-state index in [9.17, 15) is 4.79 Å². The number of benzene rings is 1. The molecule has 0 aliphatic heterocycles. The third-order valence-corrected chi connectivity index (χ3v) is 4.36. The lowest BCUT2D eigenvalue weighted by molar-refractivity contribution is -0.143. The van der Waals surface area contributed by atoms with E-state index in [1.807, 2.05) is 30.3 Å². The fourth-order valence-corrected chi connectivity index (χ4v) is 2.74. The molecule has 5 nitrogen and oxygen atoms in total. The summed E-state index contributed by atoms with van der Waals surface area (Å²) in [4.78, 5) is 15.4. The largest absolute Gasteiger partial charge is 0.481 e. The predicted molar refractivity (Wildman–Crippen MR) is 101 cm³/mol. The van der Waals surface area contributed by atoms with Gasteiger partial charge in [0.15, 0.2) is 0 Å². The Labute approximate surface area is 155 Å². The zero-order valence-corrected chi connectivity index (χ0v) is 15.7. The highest BCUT2D eigenvalue weighted by Gasteiger charge is 2.13. The van der Waals surface area contributed by atoms with Gasteiger partial charge in [-0.1, -0.05) is 38.0 Å². The Morgan fingerprint density at radius 1 is 1.19 bits per heavy atom. The summed E-state index contributed by atoms with van der Waals surface area (Å²) in [6.45, 7) is 4.67. The minimum atomic E-state index is -0.806. The van der Waals surface area contributed by atoms with Gasteiger partial charge < -0.3 is 14.3 Å². The number of aromatic nitrogens is 1. The SMILES string of the molecule is CCc1oc(-c2ccccc2)nc1CCCCCCOCC(C)C(=O)O. The Balaban J connectivity index is 1.68. The number of unbranched alkanes of at least 4 members (excludes halogenated alkanes) is 3. The van der Waals surface area contributed by atoms with Gasteiger partial charge in [-0.3, -0.25) is 4.79 Å². The minimum Gasteiger partial charge on any atom is -0.481 e. The van der Waals surface area contributed by atoms with Crippen molar-refractivity contribution in [3.05, 3.63) is 41.8 Å². The van der Waals surface area contributed by atoms with Gasteiger partial charge >= 0.3 is 5.97 Å². The molecule has 0 spiro atoms. The molecule has 26 heavy (non-hydrogen) atoms. The highest BCUT2D eigenvalue weighted by atomic mass is 16.5. The highest BCUT2D eigenvalue weighted by molar-refractivity contribution is 5.69. The molecule has 1 unspecified atom stereocenters. The molecule has 0 amide bonds. The van der Waals surface area contributed by atoms with Gasteiger partial charge in [0.1, 0.15) is 5.76 Å². The molecule has 0 saturated heterocycles. The number of carboxylic acids is 1. The van der Waals surface area contributed by atoms with Crippen LogP contribution in [0.4, 0.5) is 0 Å². The van der Waals surface area contributed by atoms with Gasteiger partial charge in [-0.2, -0.15) is 0 Å². The fraction of sp³-hybridized carbons (Fsp3) is 0.524. The van der Waals surface area contributed by atoms with Gasteiger partial charge in [0.25, 0.3) is 0 Å².